The molecule has 0 N–H and O–H groups in total. The van der Waals surface area contributed by atoms with Gasteiger partial charge in [-0.15, -0.1) is 0 Å². The minimum atomic E-state index is -0.273. The Hall–Kier alpha value is -0.0800. The highest BCUT2D eigenvalue weighted by atomic mass is 16.7. The molecule has 15 heavy (non-hydrogen) atoms. The van der Waals surface area contributed by atoms with Crippen molar-refractivity contribution in [1.82, 2.24) is 0 Å². The standard InChI is InChI=1S/C13H26O2/c1-5-7-8-9-13(6-2)14-10-12(3,4)11-15-13/h5-11H2,1-4H3. The molecule has 0 amide bonds. The lowest BCUT2D eigenvalue weighted by molar-refractivity contribution is -0.303. The van der Waals surface area contributed by atoms with E-state index in [1.807, 2.05) is 0 Å². The van der Waals surface area contributed by atoms with Crippen molar-refractivity contribution in [3.8, 4) is 0 Å². The molecule has 0 radical (unpaired) electrons. The second-order valence-corrected chi connectivity index (χ2v) is 5.46. The molecule has 0 aromatic carbocycles. The maximum absolute atomic E-state index is 5.95. The molecule has 2 heteroatoms. The monoisotopic (exact) mass is 214 g/mol. The third-order valence-electron chi connectivity index (χ3n) is 3.15. The quantitative estimate of drug-likeness (QED) is 0.649. The Kier molecular flexibility index (Phi) is 4.60. The van der Waals surface area contributed by atoms with Crippen LogP contribution < -0.4 is 0 Å². The SMILES string of the molecule is CCCCCC1(CC)OCC(C)(C)CO1. The Labute approximate surface area is 94.3 Å². The van der Waals surface area contributed by atoms with Crippen molar-refractivity contribution in [2.75, 3.05) is 13.2 Å². The first-order valence-corrected chi connectivity index (χ1v) is 6.31. The second kappa shape index (κ2) is 5.31. The zero-order valence-electron chi connectivity index (χ0n) is 10.8. The van der Waals surface area contributed by atoms with E-state index in [1.54, 1.807) is 0 Å². The van der Waals surface area contributed by atoms with Gasteiger partial charge in [-0.1, -0.05) is 40.5 Å². The van der Waals surface area contributed by atoms with Gasteiger partial charge in [0.2, 0.25) is 0 Å². The summed E-state index contributed by atoms with van der Waals surface area (Å²) in [6.07, 6.45) is 5.76. The summed E-state index contributed by atoms with van der Waals surface area (Å²) in [4.78, 5) is 0. The van der Waals surface area contributed by atoms with E-state index >= 15 is 0 Å². The molecule has 0 unspecified atom stereocenters. The fraction of sp³-hybridized carbons (Fsp3) is 1.00. The summed E-state index contributed by atoms with van der Waals surface area (Å²) in [6, 6.07) is 0. The molecule has 1 aliphatic rings. The summed E-state index contributed by atoms with van der Waals surface area (Å²) in [5.74, 6) is -0.273. The molecule has 0 aromatic heterocycles. The van der Waals surface area contributed by atoms with E-state index in [4.69, 9.17) is 9.47 Å². The predicted octanol–water partition coefficient (Wildman–Crippen LogP) is 3.75. The highest BCUT2D eigenvalue weighted by molar-refractivity contribution is 4.79. The van der Waals surface area contributed by atoms with Crippen molar-refractivity contribution in [3.05, 3.63) is 0 Å². The van der Waals surface area contributed by atoms with Gasteiger partial charge in [0.1, 0.15) is 0 Å². The topological polar surface area (TPSA) is 18.5 Å². The fourth-order valence-electron chi connectivity index (χ4n) is 1.91. The Bertz CT molecular complexity index is 177. The van der Waals surface area contributed by atoms with Gasteiger partial charge < -0.3 is 9.47 Å². The first-order chi connectivity index (χ1) is 7.04. The van der Waals surface area contributed by atoms with Crippen LogP contribution in [0.1, 0.15) is 59.8 Å². The van der Waals surface area contributed by atoms with Gasteiger partial charge in [-0.05, 0) is 12.8 Å². The second-order valence-electron chi connectivity index (χ2n) is 5.46. The van der Waals surface area contributed by atoms with Crippen LogP contribution in [0, 0.1) is 5.41 Å². The van der Waals surface area contributed by atoms with Crippen molar-refractivity contribution in [2.45, 2.75) is 65.6 Å². The van der Waals surface area contributed by atoms with E-state index in [0.29, 0.717) is 0 Å². The molecule has 1 aliphatic heterocycles. The predicted molar refractivity (Wildman–Crippen MR) is 62.8 cm³/mol. The molecule has 1 fully saturated rings. The molecule has 0 atom stereocenters. The maximum atomic E-state index is 5.95. The average molecular weight is 214 g/mol. The Morgan fingerprint density at radius 3 is 2.07 bits per heavy atom. The lowest BCUT2D eigenvalue weighted by Gasteiger charge is -2.43. The molecular weight excluding hydrogens is 188 g/mol. The van der Waals surface area contributed by atoms with Crippen LogP contribution in [0.3, 0.4) is 0 Å². The van der Waals surface area contributed by atoms with Crippen LogP contribution in [0.5, 0.6) is 0 Å². The number of unbranched alkanes of at least 4 members (excludes halogenated alkanes) is 2. The van der Waals surface area contributed by atoms with Gasteiger partial charge in [0.15, 0.2) is 5.79 Å². The van der Waals surface area contributed by atoms with Gasteiger partial charge in [0.05, 0.1) is 13.2 Å². The molecule has 1 heterocycles. The van der Waals surface area contributed by atoms with E-state index in [1.165, 1.54) is 19.3 Å². The van der Waals surface area contributed by atoms with Gasteiger partial charge in [-0.25, -0.2) is 0 Å². The third-order valence-corrected chi connectivity index (χ3v) is 3.15. The Morgan fingerprint density at radius 1 is 1.00 bits per heavy atom. The van der Waals surface area contributed by atoms with Crippen molar-refractivity contribution in [3.63, 3.8) is 0 Å². The van der Waals surface area contributed by atoms with Crippen LogP contribution >= 0.6 is 0 Å². The van der Waals surface area contributed by atoms with Gasteiger partial charge in [-0.3, -0.25) is 0 Å². The molecule has 0 aromatic rings. The third kappa shape index (κ3) is 3.76. The summed E-state index contributed by atoms with van der Waals surface area (Å²) in [6.45, 7) is 10.4. The van der Waals surface area contributed by atoms with Crippen LogP contribution in [0.4, 0.5) is 0 Å². The van der Waals surface area contributed by atoms with E-state index in [9.17, 15) is 0 Å². The van der Waals surface area contributed by atoms with Crippen LogP contribution in [0.25, 0.3) is 0 Å². The minimum absolute atomic E-state index is 0.184. The zero-order chi connectivity index (χ0) is 11.4. The minimum Gasteiger partial charge on any atom is -0.349 e. The molecule has 0 saturated carbocycles. The average Bonchev–Trinajstić information content (AvgIpc) is 2.22. The molecule has 1 rings (SSSR count). The van der Waals surface area contributed by atoms with Gasteiger partial charge in [0, 0.05) is 11.8 Å². The molecular formula is C13H26O2. The highest BCUT2D eigenvalue weighted by Crippen LogP contribution is 2.34. The number of hydrogen-bond acceptors (Lipinski definition) is 2. The Balaban J connectivity index is 2.41. The summed E-state index contributed by atoms with van der Waals surface area (Å²) in [5, 5.41) is 0. The molecule has 0 bridgehead atoms. The van der Waals surface area contributed by atoms with Crippen molar-refractivity contribution < 1.29 is 9.47 Å². The zero-order valence-corrected chi connectivity index (χ0v) is 10.8. The van der Waals surface area contributed by atoms with Crippen molar-refractivity contribution in [1.29, 1.82) is 0 Å². The summed E-state index contributed by atoms with van der Waals surface area (Å²) in [7, 11) is 0. The van der Waals surface area contributed by atoms with Crippen LogP contribution in [0.15, 0.2) is 0 Å². The smallest absolute Gasteiger partial charge is 0.168 e. The van der Waals surface area contributed by atoms with Crippen LogP contribution in [-0.4, -0.2) is 19.0 Å². The lowest BCUT2D eigenvalue weighted by Crippen LogP contribution is -2.47. The van der Waals surface area contributed by atoms with Gasteiger partial charge in [-0.2, -0.15) is 0 Å². The van der Waals surface area contributed by atoms with E-state index in [0.717, 1.165) is 26.1 Å². The van der Waals surface area contributed by atoms with Gasteiger partial charge in [0.25, 0.3) is 0 Å². The van der Waals surface area contributed by atoms with Crippen LogP contribution in [-0.2, 0) is 9.47 Å². The Morgan fingerprint density at radius 2 is 1.60 bits per heavy atom. The number of rotatable bonds is 5. The first kappa shape index (κ1) is 13.0. The van der Waals surface area contributed by atoms with Gasteiger partial charge >= 0.3 is 0 Å². The first-order valence-electron chi connectivity index (χ1n) is 6.31. The van der Waals surface area contributed by atoms with E-state index in [-0.39, 0.29) is 11.2 Å². The summed E-state index contributed by atoms with van der Waals surface area (Å²) >= 11 is 0. The van der Waals surface area contributed by atoms with E-state index < -0.39 is 0 Å². The van der Waals surface area contributed by atoms with E-state index in [2.05, 4.69) is 27.7 Å². The number of hydrogen-bond donors (Lipinski definition) is 0. The van der Waals surface area contributed by atoms with Crippen LogP contribution in [0.2, 0.25) is 0 Å². The summed E-state index contributed by atoms with van der Waals surface area (Å²) in [5.41, 5.74) is 0.184. The molecule has 90 valence electrons. The van der Waals surface area contributed by atoms with Crippen molar-refractivity contribution >= 4 is 0 Å². The van der Waals surface area contributed by atoms with Crippen molar-refractivity contribution in [2.24, 2.45) is 5.41 Å². The fourth-order valence-corrected chi connectivity index (χ4v) is 1.91. The lowest BCUT2D eigenvalue weighted by atomic mass is 9.93. The normalized spacial score (nSPS) is 24.0. The number of ether oxygens (including phenoxy) is 2. The largest absolute Gasteiger partial charge is 0.349 e. The molecule has 0 spiro atoms. The molecule has 0 aliphatic carbocycles. The molecule has 1 saturated heterocycles. The molecule has 2 nitrogen and oxygen atoms in total. The maximum Gasteiger partial charge on any atom is 0.168 e. The summed E-state index contributed by atoms with van der Waals surface area (Å²) < 4.78 is 11.9. The highest BCUT2D eigenvalue weighted by Gasteiger charge is 2.38.